The molecule has 2 aliphatic heterocycles. The van der Waals surface area contributed by atoms with E-state index in [9.17, 15) is 4.79 Å². The number of nitrogens with zero attached hydrogens (tertiary/aromatic N) is 1. The van der Waals surface area contributed by atoms with Crippen molar-refractivity contribution in [3.8, 4) is 5.75 Å². The summed E-state index contributed by atoms with van der Waals surface area (Å²) in [4.78, 5) is 17.2. The molecule has 0 aromatic heterocycles. The van der Waals surface area contributed by atoms with Gasteiger partial charge in [0.1, 0.15) is 17.1 Å². The van der Waals surface area contributed by atoms with Crippen LogP contribution in [0.25, 0.3) is 0 Å². The lowest BCUT2D eigenvalue weighted by molar-refractivity contribution is 0.0831. The molecule has 0 saturated carbocycles. The van der Waals surface area contributed by atoms with Gasteiger partial charge in [-0.3, -0.25) is 4.79 Å². The van der Waals surface area contributed by atoms with Crippen molar-refractivity contribution < 1.29 is 9.53 Å². The fraction of sp³-hybridized carbons (Fsp3) is 0.381. The van der Waals surface area contributed by atoms with Gasteiger partial charge in [-0.15, -0.1) is 11.8 Å². The quantitative estimate of drug-likeness (QED) is 0.446. The molecular weight excluding hydrogens is 526 g/mol. The Labute approximate surface area is 191 Å². The number of ketones is 1. The summed E-state index contributed by atoms with van der Waals surface area (Å²) >= 11 is 14.8. The van der Waals surface area contributed by atoms with Crippen LogP contribution in [0.5, 0.6) is 5.75 Å². The van der Waals surface area contributed by atoms with Gasteiger partial charge in [-0.25, -0.2) is 0 Å². The summed E-state index contributed by atoms with van der Waals surface area (Å²) in [6, 6.07) is 9.58. The predicted molar refractivity (Wildman–Crippen MR) is 122 cm³/mol. The first-order chi connectivity index (χ1) is 13.4. The minimum absolute atomic E-state index is 0.127. The van der Waals surface area contributed by atoms with E-state index in [1.165, 1.54) is 12.8 Å². The molecule has 2 aromatic rings. The second-order valence-electron chi connectivity index (χ2n) is 7.33. The highest BCUT2D eigenvalue weighted by Gasteiger charge is 2.47. The molecule has 3 nitrogen and oxygen atoms in total. The summed E-state index contributed by atoms with van der Waals surface area (Å²) in [6.07, 6.45) is 2.37. The molecule has 1 unspecified atom stereocenters. The fourth-order valence-electron chi connectivity index (χ4n) is 3.76. The monoisotopic (exact) mass is 543 g/mol. The van der Waals surface area contributed by atoms with Crippen molar-refractivity contribution >= 4 is 61.0 Å². The van der Waals surface area contributed by atoms with Gasteiger partial charge in [0, 0.05) is 20.9 Å². The zero-order chi connectivity index (χ0) is 19.9. The van der Waals surface area contributed by atoms with Gasteiger partial charge in [-0.05, 0) is 84.7 Å². The lowest BCUT2D eigenvalue weighted by Gasteiger charge is -2.39. The zero-order valence-electron chi connectivity index (χ0n) is 15.4. The summed E-state index contributed by atoms with van der Waals surface area (Å²) in [5.41, 5.74) is 1.67. The number of halogens is 3. The van der Waals surface area contributed by atoms with Gasteiger partial charge in [0.25, 0.3) is 0 Å². The molecule has 2 aliphatic rings. The number of hydrogen-bond acceptors (Lipinski definition) is 4. The highest BCUT2D eigenvalue weighted by atomic mass is 79.9. The predicted octanol–water partition coefficient (Wildman–Crippen LogP) is 6.38. The molecule has 7 heteroatoms. The molecule has 0 spiro atoms. The van der Waals surface area contributed by atoms with E-state index in [-0.39, 0.29) is 5.78 Å². The molecule has 1 fully saturated rings. The number of Topliss-reactive ketones (excluding diaryl/α,β-unsaturated/α-hetero) is 1. The van der Waals surface area contributed by atoms with Crippen LogP contribution >= 0.6 is 55.2 Å². The normalized spacial score (nSPS) is 22.2. The van der Waals surface area contributed by atoms with E-state index in [1.807, 2.05) is 37.3 Å². The summed E-state index contributed by atoms with van der Waals surface area (Å²) in [5, 5.41) is 0.692. The van der Waals surface area contributed by atoms with Gasteiger partial charge in [-0.1, -0.05) is 27.5 Å². The summed E-state index contributed by atoms with van der Waals surface area (Å²) in [6.45, 7) is 5.09. The Hall–Kier alpha value is -0.530. The van der Waals surface area contributed by atoms with Crippen molar-refractivity contribution in [2.75, 3.05) is 26.2 Å². The molecule has 1 atom stereocenters. The van der Waals surface area contributed by atoms with Crippen molar-refractivity contribution in [3.05, 3.63) is 55.4 Å². The molecule has 0 radical (unpaired) electrons. The summed E-state index contributed by atoms with van der Waals surface area (Å²) in [7, 11) is 0. The van der Waals surface area contributed by atoms with Crippen molar-refractivity contribution in [1.82, 2.24) is 4.90 Å². The molecule has 2 heterocycles. The van der Waals surface area contributed by atoms with Crippen LogP contribution in [0.15, 0.2) is 44.2 Å². The maximum atomic E-state index is 13.8. The minimum atomic E-state index is -0.681. The first-order valence-electron chi connectivity index (χ1n) is 9.23. The van der Waals surface area contributed by atoms with E-state index in [0.717, 1.165) is 32.5 Å². The fourth-order valence-corrected chi connectivity index (χ4v) is 6.41. The van der Waals surface area contributed by atoms with Gasteiger partial charge in [0.15, 0.2) is 5.78 Å². The minimum Gasteiger partial charge on any atom is -0.490 e. The SMILES string of the molecule is Cc1c(Br)cc2c(c1Br)OCC(CN1CCCC1)(Sc1ccc(Cl)cc1)C2=O. The molecule has 0 amide bonds. The molecule has 0 N–H and O–H groups in total. The van der Waals surface area contributed by atoms with Crippen LogP contribution in [0, 0.1) is 6.92 Å². The van der Waals surface area contributed by atoms with Gasteiger partial charge >= 0.3 is 0 Å². The molecule has 1 saturated heterocycles. The van der Waals surface area contributed by atoms with Crippen LogP contribution in [0.2, 0.25) is 5.02 Å². The Balaban J connectivity index is 1.75. The smallest absolute Gasteiger partial charge is 0.187 e. The summed E-state index contributed by atoms with van der Waals surface area (Å²) < 4.78 is 7.29. The lowest BCUT2D eigenvalue weighted by atomic mass is 9.92. The average molecular weight is 546 g/mol. The van der Waals surface area contributed by atoms with Crippen molar-refractivity contribution in [3.63, 3.8) is 0 Å². The molecule has 2 aromatic carbocycles. The molecule has 4 rings (SSSR count). The van der Waals surface area contributed by atoms with E-state index < -0.39 is 4.75 Å². The standard InChI is InChI=1S/C21H20Br2ClNO2S/c1-13-17(22)10-16-19(18(13)23)27-12-21(20(16)26,11-25-8-2-3-9-25)28-15-6-4-14(24)5-7-15/h4-7,10H,2-3,8-9,11-12H2,1H3. The largest absolute Gasteiger partial charge is 0.490 e. The average Bonchev–Trinajstić information content (AvgIpc) is 3.18. The number of carbonyl (C=O) groups is 1. The van der Waals surface area contributed by atoms with Crippen LogP contribution in [0.1, 0.15) is 28.8 Å². The first-order valence-corrected chi connectivity index (χ1v) is 12.0. The molecular formula is C21H20Br2ClNO2S. The van der Waals surface area contributed by atoms with Crippen LogP contribution in [0.4, 0.5) is 0 Å². The van der Waals surface area contributed by atoms with Gasteiger partial charge < -0.3 is 9.64 Å². The topological polar surface area (TPSA) is 29.5 Å². The van der Waals surface area contributed by atoms with E-state index in [0.29, 0.717) is 29.5 Å². The van der Waals surface area contributed by atoms with Crippen molar-refractivity contribution in [2.24, 2.45) is 0 Å². The first kappa shape index (κ1) is 20.7. The number of carbonyl (C=O) groups excluding carboxylic acids is 1. The molecule has 0 aliphatic carbocycles. The lowest BCUT2D eigenvalue weighted by Crippen LogP contribution is -2.52. The van der Waals surface area contributed by atoms with E-state index in [2.05, 4.69) is 36.8 Å². The van der Waals surface area contributed by atoms with Gasteiger partial charge in [-0.2, -0.15) is 0 Å². The highest BCUT2D eigenvalue weighted by molar-refractivity contribution is 9.11. The second-order valence-corrected chi connectivity index (χ2v) is 10.9. The van der Waals surface area contributed by atoms with Gasteiger partial charge in [0.2, 0.25) is 0 Å². The Morgan fingerprint density at radius 3 is 2.57 bits per heavy atom. The van der Waals surface area contributed by atoms with E-state index in [4.69, 9.17) is 16.3 Å². The number of rotatable bonds is 4. The third-order valence-electron chi connectivity index (χ3n) is 5.32. The van der Waals surface area contributed by atoms with E-state index >= 15 is 0 Å². The number of thioether (sulfide) groups is 1. The number of hydrogen-bond donors (Lipinski definition) is 0. The zero-order valence-corrected chi connectivity index (χ0v) is 20.2. The maximum absolute atomic E-state index is 13.8. The second kappa shape index (κ2) is 8.31. The molecule has 0 bridgehead atoms. The van der Waals surface area contributed by atoms with Crippen LogP contribution < -0.4 is 4.74 Å². The van der Waals surface area contributed by atoms with Gasteiger partial charge in [0.05, 0.1) is 10.0 Å². The maximum Gasteiger partial charge on any atom is 0.187 e. The van der Waals surface area contributed by atoms with Crippen LogP contribution in [-0.4, -0.2) is 41.7 Å². The van der Waals surface area contributed by atoms with Crippen molar-refractivity contribution in [2.45, 2.75) is 29.4 Å². The number of benzene rings is 2. The van der Waals surface area contributed by atoms with Crippen LogP contribution in [-0.2, 0) is 0 Å². The Kier molecular flexibility index (Phi) is 6.15. The Morgan fingerprint density at radius 2 is 1.89 bits per heavy atom. The summed E-state index contributed by atoms with van der Waals surface area (Å²) in [5.74, 6) is 0.779. The molecule has 28 heavy (non-hydrogen) atoms. The Morgan fingerprint density at radius 1 is 1.21 bits per heavy atom. The Bertz CT molecular complexity index is 916. The van der Waals surface area contributed by atoms with E-state index in [1.54, 1.807) is 11.8 Å². The molecule has 148 valence electrons. The third-order valence-corrected chi connectivity index (χ3v) is 8.68. The number of fused-ring (bicyclic) bond motifs is 1. The third kappa shape index (κ3) is 3.91. The number of likely N-dealkylation sites (tertiary alicyclic amines) is 1. The number of ether oxygens (including phenoxy) is 1. The van der Waals surface area contributed by atoms with Crippen molar-refractivity contribution in [1.29, 1.82) is 0 Å². The highest BCUT2D eigenvalue weighted by Crippen LogP contribution is 2.47. The van der Waals surface area contributed by atoms with Crippen LogP contribution in [0.3, 0.4) is 0 Å².